The third kappa shape index (κ3) is 4.87. The summed E-state index contributed by atoms with van der Waals surface area (Å²) in [7, 11) is 0. The first-order valence-corrected chi connectivity index (χ1v) is 8.61. The average molecular weight is 372 g/mol. The van der Waals surface area contributed by atoms with Gasteiger partial charge in [-0.3, -0.25) is 14.4 Å². The number of ether oxygens (including phenoxy) is 1. The van der Waals surface area contributed by atoms with Gasteiger partial charge in [0.1, 0.15) is 5.75 Å². The number of nitrogens with zero attached hydrogens (tertiary/aromatic N) is 1. The fraction of sp³-hybridized carbons (Fsp3) is 0.316. The molecule has 2 heterocycles. The fourth-order valence-corrected chi connectivity index (χ4v) is 2.88. The van der Waals surface area contributed by atoms with Crippen molar-refractivity contribution in [1.29, 1.82) is 0 Å². The molecule has 3 rings (SSSR count). The molecule has 0 aliphatic carbocycles. The summed E-state index contributed by atoms with van der Waals surface area (Å²) in [5.41, 5.74) is 0.517. The van der Waals surface area contributed by atoms with Gasteiger partial charge in [0.25, 0.3) is 11.8 Å². The van der Waals surface area contributed by atoms with Crippen LogP contribution in [0.15, 0.2) is 47.1 Å². The summed E-state index contributed by atoms with van der Waals surface area (Å²) < 4.78 is 10.6. The van der Waals surface area contributed by atoms with Crippen LogP contribution in [0.2, 0.25) is 0 Å². The standard InChI is InChI=1S/C19H20N2O6/c22-17(21-8-6-13(7-9-21)19(24)25)12-27-15-4-1-3-14(11-15)20-18(23)16-5-2-10-26-16/h1-5,10-11,13H,6-9,12H2,(H,20,23)(H,24,25). The Morgan fingerprint density at radius 2 is 1.96 bits per heavy atom. The van der Waals surface area contributed by atoms with Gasteiger partial charge in [0.15, 0.2) is 12.4 Å². The summed E-state index contributed by atoms with van der Waals surface area (Å²) in [6.45, 7) is 0.685. The lowest BCUT2D eigenvalue weighted by Crippen LogP contribution is -2.42. The van der Waals surface area contributed by atoms with E-state index >= 15 is 0 Å². The molecule has 1 aliphatic heterocycles. The molecule has 0 unspecified atom stereocenters. The van der Waals surface area contributed by atoms with E-state index < -0.39 is 5.97 Å². The normalized spacial score (nSPS) is 14.6. The third-order valence-corrected chi connectivity index (χ3v) is 4.40. The van der Waals surface area contributed by atoms with Crippen molar-refractivity contribution >= 4 is 23.5 Å². The zero-order valence-corrected chi connectivity index (χ0v) is 14.6. The highest BCUT2D eigenvalue weighted by atomic mass is 16.5. The minimum atomic E-state index is -0.813. The third-order valence-electron chi connectivity index (χ3n) is 4.40. The molecule has 1 saturated heterocycles. The van der Waals surface area contributed by atoms with Crippen LogP contribution in [0.1, 0.15) is 23.4 Å². The highest BCUT2D eigenvalue weighted by molar-refractivity contribution is 6.02. The number of furan rings is 1. The van der Waals surface area contributed by atoms with Crippen LogP contribution in [-0.2, 0) is 9.59 Å². The van der Waals surface area contributed by atoms with Gasteiger partial charge in [-0.2, -0.15) is 0 Å². The molecule has 2 aromatic rings. The highest BCUT2D eigenvalue weighted by Crippen LogP contribution is 2.20. The number of rotatable bonds is 6. The van der Waals surface area contributed by atoms with Crippen molar-refractivity contribution in [3.63, 3.8) is 0 Å². The molecule has 8 heteroatoms. The monoisotopic (exact) mass is 372 g/mol. The lowest BCUT2D eigenvalue weighted by atomic mass is 9.97. The summed E-state index contributed by atoms with van der Waals surface area (Å²) in [5, 5.41) is 11.7. The van der Waals surface area contributed by atoms with Crippen molar-refractivity contribution in [1.82, 2.24) is 4.90 Å². The number of carboxylic acid groups (broad SMARTS) is 1. The summed E-state index contributed by atoms with van der Waals surface area (Å²) in [5.74, 6) is -1.13. The van der Waals surface area contributed by atoms with Crippen LogP contribution in [-0.4, -0.2) is 47.5 Å². The second-order valence-corrected chi connectivity index (χ2v) is 6.24. The summed E-state index contributed by atoms with van der Waals surface area (Å²) >= 11 is 0. The number of hydrogen-bond donors (Lipinski definition) is 2. The zero-order chi connectivity index (χ0) is 19.2. The Kier molecular flexibility index (Phi) is 5.75. The first-order valence-electron chi connectivity index (χ1n) is 8.61. The van der Waals surface area contributed by atoms with Gasteiger partial charge in [0.05, 0.1) is 12.2 Å². The lowest BCUT2D eigenvalue weighted by Gasteiger charge is -2.30. The molecule has 0 saturated carbocycles. The van der Waals surface area contributed by atoms with Gasteiger partial charge in [-0.1, -0.05) is 6.07 Å². The second kappa shape index (κ2) is 8.39. The Hall–Kier alpha value is -3.29. The van der Waals surface area contributed by atoms with Gasteiger partial charge < -0.3 is 24.5 Å². The van der Waals surface area contributed by atoms with Gasteiger partial charge in [-0.15, -0.1) is 0 Å². The largest absolute Gasteiger partial charge is 0.484 e. The Morgan fingerprint density at radius 3 is 2.63 bits per heavy atom. The minimum Gasteiger partial charge on any atom is -0.484 e. The van der Waals surface area contributed by atoms with Crippen LogP contribution in [0.4, 0.5) is 5.69 Å². The maximum atomic E-state index is 12.2. The Bertz CT molecular complexity index is 809. The first kappa shape index (κ1) is 18.5. The SMILES string of the molecule is O=C(Nc1cccc(OCC(=O)N2CCC(C(=O)O)CC2)c1)c1ccco1. The van der Waals surface area contributed by atoms with E-state index in [-0.39, 0.29) is 30.1 Å². The predicted molar refractivity (Wildman–Crippen MR) is 95.5 cm³/mol. The topological polar surface area (TPSA) is 109 Å². The molecule has 142 valence electrons. The number of anilines is 1. The van der Waals surface area contributed by atoms with Crippen molar-refractivity contribution in [3.05, 3.63) is 48.4 Å². The highest BCUT2D eigenvalue weighted by Gasteiger charge is 2.27. The van der Waals surface area contributed by atoms with Crippen LogP contribution in [0.5, 0.6) is 5.75 Å². The number of nitrogens with one attached hydrogen (secondary N) is 1. The summed E-state index contributed by atoms with van der Waals surface area (Å²) in [6, 6.07) is 9.89. The molecule has 27 heavy (non-hydrogen) atoms. The smallest absolute Gasteiger partial charge is 0.306 e. The van der Waals surface area contributed by atoms with Crippen molar-refractivity contribution in [2.75, 3.05) is 25.0 Å². The van der Waals surface area contributed by atoms with E-state index in [1.165, 1.54) is 6.26 Å². The first-order chi connectivity index (χ1) is 13.0. The van der Waals surface area contributed by atoms with Crippen LogP contribution in [0, 0.1) is 5.92 Å². The number of amides is 2. The van der Waals surface area contributed by atoms with Gasteiger partial charge in [-0.05, 0) is 37.1 Å². The van der Waals surface area contributed by atoms with Crippen molar-refractivity contribution < 1.29 is 28.6 Å². The molecular formula is C19H20N2O6. The number of likely N-dealkylation sites (tertiary alicyclic amines) is 1. The van der Waals surface area contributed by atoms with Crippen LogP contribution in [0.3, 0.4) is 0 Å². The molecule has 1 aromatic carbocycles. The molecule has 0 atom stereocenters. The minimum absolute atomic E-state index is 0.146. The van der Waals surface area contributed by atoms with E-state index in [0.29, 0.717) is 37.4 Å². The van der Waals surface area contributed by atoms with E-state index in [9.17, 15) is 14.4 Å². The molecule has 0 bridgehead atoms. The second-order valence-electron chi connectivity index (χ2n) is 6.24. The molecule has 1 aliphatic rings. The van der Waals surface area contributed by atoms with Crippen molar-refractivity contribution in [3.8, 4) is 5.75 Å². The van der Waals surface area contributed by atoms with Crippen LogP contribution < -0.4 is 10.1 Å². The maximum Gasteiger partial charge on any atom is 0.306 e. The zero-order valence-electron chi connectivity index (χ0n) is 14.6. The molecule has 8 nitrogen and oxygen atoms in total. The maximum absolute atomic E-state index is 12.2. The quantitative estimate of drug-likeness (QED) is 0.805. The molecular weight excluding hydrogens is 352 g/mol. The van der Waals surface area contributed by atoms with E-state index in [1.54, 1.807) is 41.3 Å². The Balaban J connectivity index is 1.50. The Morgan fingerprint density at radius 1 is 1.19 bits per heavy atom. The number of aliphatic carboxylic acids is 1. The molecule has 0 radical (unpaired) electrons. The molecule has 1 aromatic heterocycles. The van der Waals surface area contributed by atoms with Crippen LogP contribution in [0.25, 0.3) is 0 Å². The number of benzene rings is 1. The number of carbonyl (C=O) groups excluding carboxylic acids is 2. The molecule has 0 spiro atoms. The van der Waals surface area contributed by atoms with E-state index in [0.717, 1.165) is 0 Å². The van der Waals surface area contributed by atoms with Gasteiger partial charge >= 0.3 is 5.97 Å². The fourth-order valence-electron chi connectivity index (χ4n) is 2.88. The summed E-state index contributed by atoms with van der Waals surface area (Å²) in [6.07, 6.45) is 2.32. The van der Waals surface area contributed by atoms with E-state index in [2.05, 4.69) is 5.32 Å². The molecule has 1 fully saturated rings. The number of hydrogen-bond acceptors (Lipinski definition) is 5. The van der Waals surface area contributed by atoms with Crippen molar-refractivity contribution in [2.45, 2.75) is 12.8 Å². The number of carbonyl (C=O) groups is 3. The number of piperidine rings is 1. The Labute approximate surface area is 155 Å². The van der Waals surface area contributed by atoms with Gasteiger partial charge in [0.2, 0.25) is 0 Å². The van der Waals surface area contributed by atoms with E-state index in [1.807, 2.05) is 0 Å². The lowest BCUT2D eigenvalue weighted by molar-refractivity contribution is -0.146. The molecule has 2 N–H and O–H groups in total. The van der Waals surface area contributed by atoms with E-state index in [4.69, 9.17) is 14.3 Å². The summed E-state index contributed by atoms with van der Waals surface area (Å²) in [4.78, 5) is 36.8. The van der Waals surface area contributed by atoms with Crippen LogP contribution >= 0.6 is 0 Å². The predicted octanol–water partition coefficient (Wildman–Crippen LogP) is 2.23. The van der Waals surface area contributed by atoms with Gasteiger partial charge in [-0.25, -0.2) is 0 Å². The number of carboxylic acids is 1. The van der Waals surface area contributed by atoms with Crippen molar-refractivity contribution in [2.24, 2.45) is 5.92 Å². The van der Waals surface area contributed by atoms with Gasteiger partial charge in [0, 0.05) is 24.8 Å². The average Bonchev–Trinajstić information content (AvgIpc) is 3.21. The molecule has 2 amide bonds.